The molecule has 238 valence electrons. The molecule has 1 atom stereocenters. The fraction of sp³-hybridized carbons (Fsp3) is 0.472. The van der Waals surface area contributed by atoms with Crippen LogP contribution in [0.2, 0.25) is 0 Å². The van der Waals surface area contributed by atoms with Crippen molar-refractivity contribution < 1.29 is 14.3 Å². The molecule has 1 unspecified atom stereocenters. The molecule has 4 heterocycles. The second kappa shape index (κ2) is 17.8. The lowest BCUT2D eigenvalue weighted by Gasteiger charge is -2.29. The first-order valence-corrected chi connectivity index (χ1v) is 16.1. The van der Waals surface area contributed by atoms with E-state index in [0.29, 0.717) is 42.7 Å². The summed E-state index contributed by atoms with van der Waals surface area (Å²) in [5, 5.41) is 15.6. The number of nitrogens with zero attached hydrogens (tertiary/aromatic N) is 4. The Bertz CT molecular complexity index is 1470. The Morgan fingerprint density at radius 1 is 1.18 bits per heavy atom. The highest BCUT2D eigenvalue weighted by atomic mass is 35.5. The third-order valence-corrected chi connectivity index (χ3v) is 7.53. The first kappa shape index (κ1) is 35.1. The summed E-state index contributed by atoms with van der Waals surface area (Å²) in [6.45, 7) is 20.7. The van der Waals surface area contributed by atoms with E-state index >= 15 is 0 Å². The van der Waals surface area contributed by atoms with Gasteiger partial charge in [0.05, 0.1) is 24.6 Å². The van der Waals surface area contributed by atoms with Gasteiger partial charge in [0.1, 0.15) is 17.4 Å². The Hall–Kier alpha value is -3.35. The van der Waals surface area contributed by atoms with Crippen molar-refractivity contribution in [3.05, 3.63) is 84.1 Å². The topological polar surface area (TPSA) is 76.5 Å². The molecule has 3 aromatic rings. The average Bonchev–Trinajstić information content (AvgIpc) is 3.67. The highest BCUT2D eigenvalue weighted by Crippen LogP contribution is 2.34. The summed E-state index contributed by atoms with van der Waals surface area (Å²) in [6.07, 6.45) is 12.1. The standard InChI is InChI=1S/C29H38N4O3.C7H11Cl/c1-6-8-22(17-21(4)5)23-11-12-33(31-23)28-19-25(32-13-15-35-16-14-32)29-24(30-28)18-27(36-29)26(34)10-7-9-20(2)3;1-3-7(2)5-4-6-8/h6,8,11-12,17-20,26,34H,4,7,9-10,13-16H2,1-3,5H3;1,4-6H2,2H3/b8-6-,22-17+;. The molecule has 0 aliphatic carbocycles. The van der Waals surface area contributed by atoms with Crippen LogP contribution in [0.25, 0.3) is 22.5 Å². The summed E-state index contributed by atoms with van der Waals surface area (Å²) in [5.74, 6) is 2.61. The number of aliphatic hydroxyl groups is 1. The number of hydrogen-bond acceptors (Lipinski definition) is 6. The predicted molar refractivity (Wildman–Crippen MR) is 184 cm³/mol. The van der Waals surface area contributed by atoms with Crippen molar-refractivity contribution in [1.82, 2.24) is 14.8 Å². The van der Waals surface area contributed by atoms with Gasteiger partial charge in [-0.1, -0.05) is 63.6 Å². The van der Waals surface area contributed by atoms with Crippen LogP contribution in [0.5, 0.6) is 0 Å². The van der Waals surface area contributed by atoms with E-state index in [1.54, 1.807) is 4.68 Å². The smallest absolute Gasteiger partial charge is 0.176 e. The largest absolute Gasteiger partial charge is 0.454 e. The van der Waals surface area contributed by atoms with Gasteiger partial charge in [-0.15, -0.1) is 17.3 Å². The molecule has 0 amide bonds. The average molecular weight is 621 g/mol. The van der Waals surface area contributed by atoms with Gasteiger partial charge < -0.3 is 19.2 Å². The number of aromatic nitrogens is 3. The van der Waals surface area contributed by atoms with Crippen LogP contribution in [-0.2, 0) is 4.74 Å². The number of halogens is 1. The highest BCUT2D eigenvalue weighted by molar-refractivity contribution is 6.17. The van der Waals surface area contributed by atoms with Crippen molar-refractivity contribution in [1.29, 1.82) is 0 Å². The fourth-order valence-corrected chi connectivity index (χ4v) is 5.00. The molecule has 1 aliphatic rings. The Morgan fingerprint density at radius 3 is 2.57 bits per heavy atom. The van der Waals surface area contributed by atoms with Crippen LogP contribution in [0.15, 0.2) is 77.1 Å². The van der Waals surface area contributed by atoms with Crippen LogP contribution in [0.4, 0.5) is 5.69 Å². The Morgan fingerprint density at radius 2 is 1.93 bits per heavy atom. The maximum Gasteiger partial charge on any atom is 0.176 e. The number of rotatable bonds is 13. The fourth-order valence-electron chi connectivity index (χ4n) is 4.87. The third kappa shape index (κ3) is 10.4. The molecule has 0 spiro atoms. The molecule has 3 aromatic heterocycles. The Balaban J connectivity index is 0.000000583. The molecule has 44 heavy (non-hydrogen) atoms. The van der Waals surface area contributed by atoms with Crippen molar-refractivity contribution >= 4 is 34.0 Å². The van der Waals surface area contributed by atoms with Crippen molar-refractivity contribution in [2.45, 2.75) is 72.8 Å². The lowest BCUT2D eigenvalue weighted by Crippen LogP contribution is -2.36. The van der Waals surface area contributed by atoms with Gasteiger partial charge in [0.2, 0.25) is 0 Å². The van der Waals surface area contributed by atoms with Crippen LogP contribution in [0.1, 0.15) is 84.3 Å². The molecule has 0 radical (unpaired) electrons. The molecule has 7 nitrogen and oxygen atoms in total. The number of morpholine rings is 1. The molecule has 1 fully saturated rings. The van der Waals surface area contributed by atoms with Crippen LogP contribution < -0.4 is 4.90 Å². The quantitative estimate of drug-likeness (QED) is 0.117. The maximum absolute atomic E-state index is 10.8. The van der Waals surface area contributed by atoms with Gasteiger partial charge >= 0.3 is 0 Å². The Labute approximate surface area is 268 Å². The number of alkyl halides is 1. The zero-order valence-corrected chi connectivity index (χ0v) is 27.9. The monoisotopic (exact) mass is 620 g/mol. The number of aliphatic hydroxyl groups excluding tert-OH is 1. The molecule has 1 saturated heterocycles. The first-order valence-electron chi connectivity index (χ1n) is 15.6. The van der Waals surface area contributed by atoms with E-state index in [4.69, 9.17) is 30.8 Å². The van der Waals surface area contributed by atoms with Crippen molar-refractivity contribution in [2.75, 3.05) is 37.1 Å². The predicted octanol–water partition coefficient (Wildman–Crippen LogP) is 8.98. The van der Waals surface area contributed by atoms with Gasteiger partial charge in [0.25, 0.3) is 0 Å². The van der Waals surface area contributed by atoms with Gasteiger partial charge in [-0.3, -0.25) is 0 Å². The van der Waals surface area contributed by atoms with Gasteiger partial charge in [-0.2, -0.15) is 5.10 Å². The SMILES string of the molecule is C=C(C)/C=C(\C=C/C)c1ccn(-c2cc(N3CCOCC3)c3oc(C(O)CCCC(C)C)cc3n2)n1.C=C=C(C)CCCCl. The van der Waals surface area contributed by atoms with E-state index in [0.717, 1.165) is 72.7 Å². The second-order valence-electron chi connectivity index (χ2n) is 11.6. The van der Waals surface area contributed by atoms with E-state index in [1.165, 1.54) is 5.57 Å². The minimum absolute atomic E-state index is 0.564. The van der Waals surface area contributed by atoms with Gasteiger partial charge in [-0.25, -0.2) is 9.67 Å². The summed E-state index contributed by atoms with van der Waals surface area (Å²) in [5.41, 5.74) is 9.17. The van der Waals surface area contributed by atoms with E-state index in [9.17, 15) is 5.11 Å². The minimum atomic E-state index is -0.647. The number of anilines is 1. The minimum Gasteiger partial charge on any atom is -0.454 e. The summed E-state index contributed by atoms with van der Waals surface area (Å²) >= 11 is 5.44. The van der Waals surface area contributed by atoms with Crippen LogP contribution in [-0.4, -0.2) is 52.1 Å². The van der Waals surface area contributed by atoms with Gasteiger partial charge in [0, 0.05) is 42.9 Å². The molecule has 1 N–H and O–H groups in total. The summed E-state index contributed by atoms with van der Waals surface area (Å²) in [4.78, 5) is 7.13. The van der Waals surface area contributed by atoms with E-state index in [2.05, 4.69) is 37.6 Å². The molecule has 0 aromatic carbocycles. The normalized spacial score (nSPS) is 14.5. The van der Waals surface area contributed by atoms with Crippen molar-refractivity contribution in [2.24, 2.45) is 5.92 Å². The lowest BCUT2D eigenvalue weighted by molar-refractivity contribution is 0.122. The molecule has 0 saturated carbocycles. The third-order valence-electron chi connectivity index (χ3n) is 7.26. The van der Waals surface area contributed by atoms with E-state index in [1.807, 2.05) is 63.4 Å². The first-order chi connectivity index (χ1) is 21.2. The molecule has 0 bridgehead atoms. The molecular formula is C36H49ClN4O3. The van der Waals surface area contributed by atoms with Crippen molar-refractivity contribution in [3.63, 3.8) is 0 Å². The van der Waals surface area contributed by atoms with Crippen LogP contribution in [0, 0.1) is 5.92 Å². The molecule has 8 heteroatoms. The Kier molecular flexibility index (Phi) is 14.2. The maximum atomic E-state index is 10.8. The second-order valence-corrected chi connectivity index (χ2v) is 12.0. The molecule has 1 aliphatic heterocycles. The van der Waals surface area contributed by atoms with Gasteiger partial charge in [-0.05, 0) is 57.6 Å². The van der Waals surface area contributed by atoms with E-state index < -0.39 is 6.10 Å². The number of pyridine rings is 1. The lowest BCUT2D eigenvalue weighted by atomic mass is 10.0. The van der Waals surface area contributed by atoms with Crippen LogP contribution in [0.3, 0.4) is 0 Å². The molecule has 4 rings (SSSR count). The zero-order chi connectivity index (χ0) is 32.1. The molecular weight excluding hydrogens is 572 g/mol. The zero-order valence-electron chi connectivity index (χ0n) is 27.1. The summed E-state index contributed by atoms with van der Waals surface area (Å²) < 4.78 is 13.6. The number of ether oxygens (including phenoxy) is 1. The number of hydrogen-bond donors (Lipinski definition) is 1. The van der Waals surface area contributed by atoms with Gasteiger partial charge in [0.15, 0.2) is 11.4 Å². The van der Waals surface area contributed by atoms with E-state index in [-0.39, 0.29) is 0 Å². The number of fused-ring (bicyclic) bond motifs is 1. The highest BCUT2D eigenvalue weighted by Gasteiger charge is 2.22. The van der Waals surface area contributed by atoms with Crippen molar-refractivity contribution in [3.8, 4) is 5.82 Å². The number of allylic oxidation sites excluding steroid dienone is 6. The summed E-state index contributed by atoms with van der Waals surface area (Å²) in [6, 6.07) is 5.87. The summed E-state index contributed by atoms with van der Waals surface area (Å²) in [7, 11) is 0. The van der Waals surface area contributed by atoms with Crippen LogP contribution >= 0.6 is 11.6 Å². The number of furan rings is 1.